The Morgan fingerprint density at radius 3 is 2.96 bits per heavy atom. The molecule has 0 N–H and O–H groups in total. The van der Waals surface area contributed by atoms with Gasteiger partial charge >= 0.3 is 0 Å². The molecule has 0 radical (unpaired) electrons. The van der Waals surface area contributed by atoms with Gasteiger partial charge in [0.05, 0.1) is 6.04 Å². The van der Waals surface area contributed by atoms with Crippen molar-refractivity contribution in [2.45, 2.75) is 23.2 Å². The fourth-order valence-corrected chi connectivity index (χ4v) is 4.88. The van der Waals surface area contributed by atoms with Crippen LogP contribution in [0.1, 0.15) is 12.8 Å². The number of nitrogens with zero attached hydrogens (tertiary/aromatic N) is 2. The van der Waals surface area contributed by atoms with E-state index in [1.165, 1.54) is 10.8 Å². The molecular weight excluding hydrogens is 364 g/mol. The standard InChI is InChI=1S/C20H20N2O2S2/c23-19-8-6-17(22(19)10-12-26-20-21-9-11-25-20)14-24-18-7-5-15-3-1-2-4-16(15)13-18/h1-5,7,9,11,13,17H,6,8,10,12,14H2/t17-/m1/s1. The quantitative estimate of drug-likeness (QED) is 0.564. The number of aromatic nitrogens is 1. The zero-order valence-corrected chi connectivity index (χ0v) is 16.0. The highest BCUT2D eigenvalue weighted by Gasteiger charge is 2.31. The average molecular weight is 385 g/mol. The van der Waals surface area contributed by atoms with E-state index in [0.717, 1.165) is 28.8 Å². The minimum atomic E-state index is 0.158. The Labute approximate surface area is 161 Å². The maximum Gasteiger partial charge on any atom is 0.223 e. The second kappa shape index (κ2) is 8.10. The number of hydrogen-bond donors (Lipinski definition) is 0. The number of likely N-dealkylation sites (tertiary alicyclic amines) is 1. The summed E-state index contributed by atoms with van der Waals surface area (Å²) in [6, 6.07) is 14.5. The first kappa shape index (κ1) is 17.4. The van der Waals surface area contributed by atoms with Gasteiger partial charge in [-0.3, -0.25) is 4.79 Å². The van der Waals surface area contributed by atoms with Gasteiger partial charge in [-0.2, -0.15) is 0 Å². The highest BCUT2D eigenvalue weighted by Crippen LogP contribution is 2.25. The zero-order chi connectivity index (χ0) is 17.8. The second-order valence-electron chi connectivity index (χ2n) is 6.25. The monoisotopic (exact) mass is 384 g/mol. The summed E-state index contributed by atoms with van der Waals surface area (Å²) < 4.78 is 7.07. The lowest BCUT2D eigenvalue weighted by Gasteiger charge is -2.24. The molecule has 0 spiro atoms. The average Bonchev–Trinajstić information content (AvgIpc) is 3.31. The van der Waals surface area contributed by atoms with Gasteiger partial charge in [0, 0.05) is 30.3 Å². The normalized spacial score (nSPS) is 17.2. The van der Waals surface area contributed by atoms with Crippen LogP contribution < -0.4 is 4.74 Å². The molecular formula is C20H20N2O2S2. The molecule has 0 bridgehead atoms. The summed E-state index contributed by atoms with van der Waals surface area (Å²) in [6.07, 6.45) is 3.30. The lowest BCUT2D eigenvalue weighted by molar-refractivity contribution is -0.129. The minimum absolute atomic E-state index is 0.158. The summed E-state index contributed by atoms with van der Waals surface area (Å²) in [5.74, 6) is 1.96. The Morgan fingerprint density at radius 1 is 1.23 bits per heavy atom. The molecule has 1 aliphatic heterocycles. The van der Waals surface area contributed by atoms with Crippen LogP contribution in [0.3, 0.4) is 0 Å². The van der Waals surface area contributed by atoms with E-state index >= 15 is 0 Å². The molecule has 1 aromatic heterocycles. The van der Waals surface area contributed by atoms with E-state index in [1.54, 1.807) is 23.1 Å². The molecule has 4 nitrogen and oxygen atoms in total. The fraction of sp³-hybridized carbons (Fsp3) is 0.300. The van der Waals surface area contributed by atoms with E-state index in [-0.39, 0.29) is 11.9 Å². The van der Waals surface area contributed by atoms with E-state index in [9.17, 15) is 4.79 Å². The third-order valence-corrected chi connectivity index (χ3v) is 6.53. The number of amides is 1. The van der Waals surface area contributed by atoms with Crippen molar-refractivity contribution in [2.24, 2.45) is 0 Å². The number of carbonyl (C=O) groups excluding carboxylic acids is 1. The van der Waals surface area contributed by atoms with Crippen molar-refractivity contribution >= 4 is 39.8 Å². The van der Waals surface area contributed by atoms with Crippen LogP contribution in [0.2, 0.25) is 0 Å². The third-order valence-electron chi connectivity index (χ3n) is 4.58. The summed E-state index contributed by atoms with van der Waals surface area (Å²) in [5, 5.41) is 4.35. The smallest absolute Gasteiger partial charge is 0.223 e. The lowest BCUT2D eigenvalue weighted by Crippen LogP contribution is -2.38. The largest absolute Gasteiger partial charge is 0.491 e. The van der Waals surface area contributed by atoms with E-state index in [2.05, 4.69) is 29.2 Å². The van der Waals surface area contributed by atoms with Crippen LogP contribution in [-0.2, 0) is 4.79 Å². The Hall–Kier alpha value is -2.05. The Balaban J connectivity index is 1.34. The lowest BCUT2D eigenvalue weighted by atomic mass is 10.1. The van der Waals surface area contributed by atoms with E-state index in [0.29, 0.717) is 13.0 Å². The maximum absolute atomic E-state index is 12.2. The van der Waals surface area contributed by atoms with Crippen LogP contribution in [0.5, 0.6) is 5.75 Å². The number of thiazole rings is 1. The topological polar surface area (TPSA) is 42.4 Å². The molecule has 1 saturated heterocycles. The Bertz CT molecular complexity index is 882. The van der Waals surface area contributed by atoms with Gasteiger partial charge in [0.15, 0.2) is 0 Å². The minimum Gasteiger partial charge on any atom is -0.491 e. The van der Waals surface area contributed by atoms with Crippen LogP contribution in [0, 0.1) is 0 Å². The predicted octanol–water partition coefficient (Wildman–Crippen LogP) is 4.46. The first-order valence-corrected chi connectivity index (χ1v) is 10.6. The van der Waals surface area contributed by atoms with Crippen LogP contribution in [-0.4, -0.2) is 40.7 Å². The van der Waals surface area contributed by atoms with Gasteiger partial charge in [-0.05, 0) is 29.3 Å². The van der Waals surface area contributed by atoms with Gasteiger partial charge < -0.3 is 9.64 Å². The van der Waals surface area contributed by atoms with E-state index in [1.807, 2.05) is 34.7 Å². The van der Waals surface area contributed by atoms with E-state index < -0.39 is 0 Å². The SMILES string of the molecule is O=C1CC[C@H](COc2ccc3ccccc3c2)N1CCSc1nccs1. The summed E-state index contributed by atoms with van der Waals surface area (Å²) in [7, 11) is 0. The van der Waals surface area contributed by atoms with Gasteiger partial charge in [-0.25, -0.2) is 4.98 Å². The molecule has 0 unspecified atom stereocenters. The number of ether oxygens (including phenoxy) is 1. The molecule has 0 aliphatic carbocycles. The van der Waals surface area contributed by atoms with Crippen molar-refractivity contribution in [2.75, 3.05) is 18.9 Å². The van der Waals surface area contributed by atoms with Gasteiger partial charge in [0.1, 0.15) is 16.7 Å². The van der Waals surface area contributed by atoms with Gasteiger partial charge in [0.25, 0.3) is 0 Å². The second-order valence-corrected chi connectivity index (χ2v) is 8.48. The molecule has 0 saturated carbocycles. The van der Waals surface area contributed by atoms with Crippen molar-refractivity contribution in [3.05, 3.63) is 54.0 Å². The molecule has 26 heavy (non-hydrogen) atoms. The first-order valence-electron chi connectivity index (χ1n) is 8.73. The van der Waals surface area contributed by atoms with Gasteiger partial charge in [-0.15, -0.1) is 11.3 Å². The number of benzene rings is 2. The van der Waals surface area contributed by atoms with Crippen molar-refractivity contribution in [3.63, 3.8) is 0 Å². The number of carbonyl (C=O) groups is 1. The van der Waals surface area contributed by atoms with Gasteiger partial charge in [-0.1, -0.05) is 42.1 Å². The summed E-state index contributed by atoms with van der Waals surface area (Å²) in [6.45, 7) is 1.29. The summed E-state index contributed by atoms with van der Waals surface area (Å²) in [4.78, 5) is 18.5. The van der Waals surface area contributed by atoms with Crippen molar-refractivity contribution in [1.82, 2.24) is 9.88 Å². The molecule has 134 valence electrons. The molecule has 2 aromatic carbocycles. The van der Waals surface area contributed by atoms with Crippen LogP contribution in [0.15, 0.2) is 58.4 Å². The number of rotatable bonds is 7. The summed E-state index contributed by atoms with van der Waals surface area (Å²) in [5.41, 5.74) is 0. The molecule has 6 heteroatoms. The van der Waals surface area contributed by atoms with Crippen molar-refractivity contribution in [3.8, 4) is 5.75 Å². The molecule has 1 amide bonds. The first-order chi connectivity index (χ1) is 12.8. The number of hydrogen-bond acceptors (Lipinski definition) is 5. The number of thioether (sulfide) groups is 1. The number of fused-ring (bicyclic) bond motifs is 1. The maximum atomic E-state index is 12.2. The molecule has 3 aromatic rings. The third kappa shape index (κ3) is 4.02. The Kier molecular flexibility index (Phi) is 5.41. The molecule has 2 heterocycles. The van der Waals surface area contributed by atoms with Gasteiger partial charge in [0.2, 0.25) is 5.91 Å². The highest BCUT2D eigenvalue weighted by atomic mass is 32.2. The van der Waals surface area contributed by atoms with Crippen LogP contribution >= 0.6 is 23.1 Å². The van der Waals surface area contributed by atoms with E-state index in [4.69, 9.17) is 4.74 Å². The zero-order valence-electron chi connectivity index (χ0n) is 14.3. The fourth-order valence-electron chi connectivity index (χ4n) is 3.24. The molecule has 4 rings (SSSR count). The summed E-state index contributed by atoms with van der Waals surface area (Å²) >= 11 is 3.35. The Morgan fingerprint density at radius 2 is 2.12 bits per heavy atom. The van der Waals surface area contributed by atoms with Crippen LogP contribution in [0.25, 0.3) is 10.8 Å². The van der Waals surface area contributed by atoms with Crippen LogP contribution in [0.4, 0.5) is 0 Å². The molecule has 1 atom stereocenters. The molecule has 1 aliphatic rings. The molecule has 1 fully saturated rings. The predicted molar refractivity (Wildman–Crippen MR) is 107 cm³/mol. The highest BCUT2D eigenvalue weighted by molar-refractivity contribution is 8.01. The van der Waals surface area contributed by atoms with Crippen molar-refractivity contribution in [1.29, 1.82) is 0 Å². The van der Waals surface area contributed by atoms with Crippen molar-refractivity contribution < 1.29 is 9.53 Å².